The highest BCUT2D eigenvalue weighted by Gasteiger charge is 2.27. The molecule has 0 saturated carbocycles. The highest BCUT2D eigenvalue weighted by molar-refractivity contribution is 5.94. The van der Waals surface area contributed by atoms with E-state index in [1.165, 1.54) is 4.57 Å². The van der Waals surface area contributed by atoms with Crippen molar-refractivity contribution in [2.45, 2.75) is 52.5 Å². The number of nitrogens with zero attached hydrogens (tertiary/aromatic N) is 5. The van der Waals surface area contributed by atoms with Gasteiger partial charge in [-0.2, -0.15) is 4.98 Å². The number of aromatic nitrogens is 4. The van der Waals surface area contributed by atoms with Crippen LogP contribution in [0.4, 0.5) is 0 Å². The van der Waals surface area contributed by atoms with Gasteiger partial charge in [0.05, 0.1) is 11.3 Å². The van der Waals surface area contributed by atoms with Crippen LogP contribution >= 0.6 is 0 Å². The molecular weight excluding hydrogens is 384 g/mol. The molecule has 1 aliphatic rings. The van der Waals surface area contributed by atoms with Crippen LogP contribution < -0.4 is 11.0 Å². The second-order valence-electron chi connectivity index (χ2n) is 7.71. The summed E-state index contributed by atoms with van der Waals surface area (Å²) in [4.78, 5) is 51.4. The fourth-order valence-electron chi connectivity index (χ4n) is 3.87. The molecule has 2 aromatic heterocycles. The van der Waals surface area contributed by atoms with Gasteiger partial charge in [0.2, 0.25) is 5.91 Å². The molecule has 2 amide bonds. The molecule has 0 bridgehead atoms. The Morgan fingerprint density at radius 1 is 1.23 bits per heavy atom. The van der Waals surface area contributed by atoms with Crippen LogP contribution in [0.5, 0.6) is 0 Å². The van der Waals surface area contributed by atoms with E-state index in [0.29, 0.717) is 42.4 Å². The van der Waals surface area contributed by atoms with Gasteiger partial charge in [-0.3, -0.25) is 14.2 Å². The lowest BCUT2D eigenvalue weighted by molar-refractivity contribution is -0.132. The summed E-state index contributed by atoms with van der Waals surface area (Å²) < 4.78 is 1.54. The zero-order valence-electron chi connectivity index (χ0n) is 17.9. The molecule has 9 heteroatoms. The van der Waals surface area contributed by atoms with E-state index in [0.717, 1.165) is 18.5 Å². The first kappa shape index (κ1) is 21.6. The maximum absolute atomic E-state index is 12.8. The van der Waals surface area contributed by atoms with Crippen LogP contribution in [0.1, 0.15) is 58.4 Å². The van der Waals surface area contributed by atoms with Crippen LogP contribution in [0.3, 0.4) is 0 Å². The van der Waals surface area contributed by atoms with Gasteiger partial charge in [-0.15, -0.1) is 0 Å². The molecule has 1 atom stereocenters. The molecule has 9 nitrogen and oxygen atoms in total. The SMILES string of the molecule is CNC(=O)c1cnc(C2CCCN(C(=O)CCn3c(C)cc(C)nc3=O)C2)nc1C. The summed E-state index contributed by atoms with van der Waals surface area (Å²) in [5, 5.41) is 2.58. The Morgan fingerprint density at radius 3 is 2.67 bits per heavy atom. The number of piperidine rings is 1. The first-order chi connectivity index (χ1) is 14.3. The molecule has 1 aliphatic heterocycles. The lowest BCUT2D eigenvalue weighted by atomic mass is 9.96. The van der Waals surface area contributed by atoms with Gasteiger partial charge in [-0.05, 0) is 39.7 Å². The lowest BCUT2D eigenvalue weighted by Crippen LogP contribution is -2.40. The first-order valence-corrected chi connectivity index (χ1v) is 10.2. The molecule has 0 radical (unpaired) electrons. The van der Waals surface area contributed by atoms with Gasteiger partial charge in [0, 0.05) is 56.6 Å². The molecule has 1 saturated heterocycles. The first-order valence-electron chi connectivity index (χ1n) is 10.2. The summed E-state index contributed by atoms with van der Waals surface area (Å²) in [5.41, 5.74) is 2.24. The van der Waals surface area contributed by atoms with Crippen molar-refractivity contribution in [2.75, 3.05) is 20.1 Å². The van der Waals surface area contributed by atoms with E-state index in [4.69, 9.17) is 0 Å². The number of rotatable bonds is 5. The Kier molecular flexibility index (Phi) is 6.59. The number of likely N-dealkylation sites (tertiary alicyclic amines) is 1. The van der Waals surface area contributed by atoms with Crippen molar-refractivity contribution < 1.29 is 9.59 Å². The summed E-state index contributed by atoms with van der Waals surface area (Å²) in [6.45, 7) is 6.95. The smallest absolute Gasteiger partial charge is 0.347 e. The summed E-state index contributed by atoms with van der Waals surface area (Å²) in [6, 6.07) is 1.84. The van der Waals surface area contributed by atoms with Gasteiger partial charge in [-0.1, -0.05) is 0 Å². The fraction of sp³-hybridized carbons (Fsp3) is 0.524. The van der Waals surface area contributed by atoms with E-state index >= 15 is 0 Å². The lowest BCUT2D eigenvalue weighted by Gasteiger charge is -2.32. The molecule has 30 heavy (non-hydrogen) atoms. The number of nitrogens with one attached hydrogen (secondary N) is 1. The quantitative estimate of drug-likeness (QED) is 0.788. The van der Waals surface area contributed by atoms with Crippen LogP contribution in [0.15, 0.2) is 17.1 Å². The Labute approximate surface area is 175 Å². The summed E-state index contributed by atoms with van der Waals surface area (Å²) in [7, 11) is 1.57. The molecule has 3 heterocycles. The number of aryl methyl sites for hydroxylation is 3. The third-order valence-corrected chi connectivity index (χ3v) is 5.50. The standard InChI is InChI=1S/C21H28N6O3/c1-13-10-14(2)27(21(30)24-13)9-7-18(28)26-8-5-6-16(12-26)19-23-11-17(15(3)25-19)20(29)22-4/h10-11,16H,5-9,12H2,1-4H3,(H,22,29). The predicted molar refractivity (Wildman–Crippen MR) is 111 cm³/mol. The summed E-state index contributed by atoms with van der Waals surface area (Å²) >= 11 is 0. The number of carbonyl (C=O) groups is 2. The molecule has 0 aromatic carbocycles. The zero-order valence-corrected chi connectivity index (χ0v) is 17.9. The Morgan fingerprint density at radius 2 is 2.00 bits per heavy atom. The monoisotopic (exact) mass is 412 g/mol. The Hall–Kier alpha value is -3.10. The Bertz CT molecular complexity index is 1020. The van der Waals surface area contributed by atoms with E-state index in [1.807, 2.05) is 17.9 Å². The zero-order chi connectivity index (χ0) is 21.8. The van der Waals surface area contributed by atoms with Crippen molar-refractivity contribution in [3.05, 3.63) is 51.2 Å². The summed E-state index contributed by atoms with van der Waals surface area (Å²) in [5.74, 6) is 0.485. The molecule has 1 N–H and O–H groups in total. The second-order valence-corrected chi connectivity index (χ2v) is 7.71. The molecular formula is C21H28N6O3. The van der Waals surface area contributed by atoms with Crippen LogP contribution in [0.2, 0.25) is 0 Å². The van der Waals surface area contributed by atoms with E-state index in [-0.39, 0.29) is 29.8 Å². The predicted octanol–water partition coefficient (Wildman–Crippen LogP) is 1.11. The molecule has 2 aromatic rings. The maximum Gasteiger partial charge on any atom is 0.347 e. The van der Waals surface area contributed by atoms with Gasteiger partial charge in [0.15, 0.2) is 0 Å². The molecule has 3 rings (SSSR count). The maximum atomic E-state index is 12.8. The molecule has 1 unspecified atom stereocenters. The average Bonchev–Trinajstić information content (AvgIpc) is 2.72. The van der Waals surface area contributed by atoms with Crippen LogP contribution in [-0.4, -0.2) is 56.4 Å². The fourth-order valence-corrected chi connectivity index (χ4v) is 3.87. The van der Waals surface area contributed by atoms with Gasteiger partial charge in [0.25, 0.3) is 5.91 Å². The van der Waals surface area contributed by atoms with E-state index in [9.17, 15) is 14.4 Å². The van der Waals surface area contributed by atoms with Gasteiger partial charge < -0.3 is 10.2 Å². The normalized spacial score (nSPS) is 16.4. The van der Waals surface area contributed by atoms with Crippen molar-refractivity contribution in [3.63, 3.8) is 0 Å². The largest absolute Gasteiger partial charge is 0.355 e. The molecule has 0 spiro atoms. The minimum absolute atomic E-state index is 0.00489. The average molecular weight is 412 g/mol. The highest BCUT2D eigenvalue weighted by Crippen LogP contribution is 2.25. The third kappa shape index (κ3) is 4.72. The van der Waals surface area contributed by atoms with E-state index < -0.39 is 0 Å². The van der Waals surface area contributed by atoms with Crippen molar-refractivity contribution in [1.82, 2.24) is 29.7 Å². The topological polar surface area (TPSA) is 110 Å². The van der Waals surface area contributed by atoms with Gasteiger partial charge >= 0.3 is 5.69 Å². The summed E-state index contributed by atoms with van der Waals surface area (Å²) in [6.07, 6.45) is 3.55. The van der Waals surface area contributed by atoms with Crippen molar-refractivity contribution in [3.8, 4) is 0 Å². The van der Waals surface area contributed by atoms with E-state index in [2.05, 4.69) is 20.3 Å². The van der Waals surface area contributed by atoms with Crippen LogP contribution in [-0.2, 0) is 11.3 Å². The molecule has 1 fully saturated rings. The van der Waals surface area contributed by atoms with Crippen LogP contribution in [0, 0.1) is 20.8 Å². The third-order valence-electron chi connectivity index (χ3n) is 5.50. The van der Waals surface area contributed by atoms with Gasteiger partial charge in [0.1, 0.15) is 5.82 Å². The highest BCUT2D eigenvalue weighted by atomic mass is 16.2. The Balaban J connectivity index is 1.66. The molecule has 0 aliphatic carbocycles. The van der Waals surface area contributed by atoms with Crippen LogP contribution in [0.25, 0.3) is 0 Å². The number of carbonyl (C=O) groups excluding carboxylic acids is 2. The van der Waals surface area contributed by atoms with Crippen molar-refractivity contribution in [1.29, 1.82) is 0 Å². The molecule has 160 valence electrons. The minimum atomic E-state index is -0.322. The number of amides is 2. The number of hydrogen-bond acceptors (Lipinski definition) is 6. The number of hydrogen-bond donors (Lipinski definition) is 1. The minimum Gasteiger partial charge on any atom is -0.355 e. The second kappa shape index (κ2) is 9.15. The van der Waals surface area contributed by atoms with E-state index in [1.54, 1.807) is 27.1 Å². The van der Waals surface area contributed by atoms with Crippen molar-refractivity contribution >= 4 is 11.8 Å². The van der Waals surface area contributed by atoms with Crippen molar-refractivity contribution in [2.24, 2.45) is 0 Å². The van der Waals surface area contributed by atoms with Gasteiger partial charge in [-0.25, -0.2) is 14.8 Å².